The number of carbonyl (C=O) groups excluding carboxylic acids is 2. The SMILES string of the molecule is NC1=NC=NN2CC(C(=O)NCC3CC3)C(c3ccc(NC(=O)Nc4cccc(C(F)(F)F)n4)cc3)=C12. The van der Waals surface area contributed by atoms with Gasteiger partial charge in [-0.25, -0.2) is 14.8 Å². The number of nitrogens with two attached hydrogens (primary N) is 1. The van der Waals surface area contributed by atoms with Crippen molar-refractivity contribution in [2.75, 3.05) is 23.7 Å². The van der Waals surface area contributed by atoms with Gasteiger partial charge in [0.25, 0.3) is 0 Å². The number of rotatable bonds is 6. The number of pyridine rings is 1. The largest absolute Gasteiger partial charge is 0.433 e. The van der Waals surface area contributed by atoms with Gasteiger partial charge in [-0.1, -0.05) is 18.2 Å². The Morgan fingerprint density at radius 3 is 2.54 bits per heavy atom. The lowest BCUT2D eigenvalue weighted by molar-refractivity contribution is -0.141. The number of anilines is 2. The van der Waals surface area contributed by atoms with Crippen molar-refractivity contribution in [3.05, 3.63) is 59.4 Å². The molecule has 0 radical (unpaired) electrons. The van der Waals surface area contributed by atoms with Crippen molar-refractivity contribution in [3.63, 3.8) is 0 Å². The van der Waals surface area contributed by atoms with E-state index < -0.39 is 23.8 Å². The van der Waals surface area contributed by atoms with Crippen LogP contribution in [0.2, 0.25) is 0 Å². The molecular weight excluding hydrogens is 489 g/mol. The van der Waals surface area contributed by atoms with Gasteiger partial charge in [0.1, 0.15) is 23.5 Å². The fourth-order valence-corrected chi connectivity index (χ4v) is 4.16. The number of alkyl halides is 3. The number of aliphatic imine (C=N–C) groups is 1. The summed E-state index contributed by atoms with van der Waals surface area (Å²) in [6, 6.07) is 9.13. The predicted molar refractivity (Wildman–Crippen MR) is 131 cm³/mol. The fraction of sp³-hybridized carbons (Fsp3) is 0.292. The van der Waals surface area contributed by atoms with Gasteiger partial charge in [-0.2, -0.15) is 18.3 Å². The number of amides is 3. The number of amidine groups is 1. The molecule has 1 unspecified atom stereocenters. The second-order valence-corrected chi connectivity index (χ2v) is 8.89. The third-order valence-corrected chi connectivity index (χ3v) is 6.16. The molecule has 0 bridgehead atoms. The second-order valence-electron chi connectivity index (χ2n) is 8.89. The van der Waals surface area contributed by atoms with Crippen molar-refractivity contribution in [1.29, 1.82) is 0 Å². The number of nitrogens with zero attached hydrogens (tertiary/aromatic N) is 4. The quantitative estimate of drug-likeness (QED) is 0.471. The molecule has 5 N–H and O–H groups in total. The molecule has 13 heteroatoms. The first-order chi connectivity index (χ1) is 17.7. The maximum Gasteiger partial charge on any atom is 0.433 e. The molecule has 1 aromatic heterocycles. The van der Waals surface area contributed by atoms with Gasteiger partial charge in [0.05, 0.1) is 12.5 Å². The second kappa shape index (κ2) is 9.56. The van der Waals surface area contributed by atoms with E-state index in [9.17, 15) is 22.8 Å². The Kier molecular flexibility index (Phi) is 6.27. The monoisotopic (exact) mass is 512 g/mol. The summed E-state index contributed by atoms with van der Waals surface area (Å²) in [6.07, 6.45) is -1.06. The molecule has 1 saturated carbocycles. The smallest absolute Gasteiger partial charge is 0.382 e. The highest BCUT2D eigenvalue weighted by atomic mass is 19.4. The third-order valence-electron chi connectivity index (χ3n) is 6.16. The molecule has 37 heavy (non-hydrogen) atoms. The van der Waals surface area contributed by atoms with E-state index in [1.54, 1.807) is 29.3 Å². The highest BCUT2D eigenvalue weighted by Gasteiger charge is 2.40. The molecular formula is C24H23F3N8O2. The summed E-state index contributed by atoms with van der Waals surface area (Å²) in [5.41, 5.74) is 7.34. The first kappa shape index (κ1) is 24.3. The average Bonchev–Trinajstić information content (AvgIpc) is 3.60. The molecule has 0 saturated heterocycles. The lowest BCUT2D eigenvalue weighted by atomic mass is 9.92. The van der Waals surface area contributed by atoms with Crippen LogP contribution in [0.5, 0.6) is 0 Å². The minimum absolute atomic E-state index is 0.123. The normalized spacial score (nSPS) is 18.8. The van der Waals surface area contributed by atoms with Crippen LogP contribution in [0.15, 0.2) is 58.3 Å². The molecule has 3 amide bonds. The van der Waals surface area contributed by atoms with Crippen LogP contribution in [-0.4, -0.2) is 47.2 Å². The molecule has 192 valence electrons. The number of urea groups is 1. The maximum atomic E-state index is 13.0. The Bertz CT molecular complexity index is 1320. The van der Waals surface area contributed by atoms with Crippen molar-refractivity contribution in [2.45, 2.75) is 19.0 Å². The highest BCUT2D eigenvalue weighted by molar-refractivity contribution is 6.11. The number of hydrogen-bond acceptors (Lipinski definition) is 7. The number of carbonyl (C=O) groups is 2. The molecule has 1 fully saturated rings. The Labute approximate surface area is 209 Å². The van der Waals surface area contributed by atoms with Gasteiger partial charge < -0.3 is 16.4 Å². The Morgan fingerprint density at radius 2 is 1.84 bits per heavy atom. The topological polar surface area (TPSA) is 137 Å². The van der Waals surface area contributed by atoms with E-state index in [2.05, 4.69) is 31.0 Å². The highest BCUT2D eigenvalue weighted by Crippen LogP contribution is 2.38. The van der Waals surface area contributed by atoms with Crippen LogP contribution in [0.3, 0.4) is 0 Å². The molecule has 1 aromatic carbocycles. The number of fused-ring (bicyclic) bond motifs is 1. The molecule has 3 aliphatic rings. The van der Waals surface area contributed by atoms with Crippen molar-refractivity contribution < 1.29 is 22.8 Å². The molecule has 1 atom stereocenters. The summed E-state index contributed by atoms with van der Waals surface area (Å²) in [4.78, 5) is 32.9. The van der Waals surface area contributed by atoms with E-state index >= 15 is 0 Å². The van der Waals surface area contributed by atoms with Crippen molar-refractivity contribution >= 4 is 41.2 Å². The Morgan fingerprint density at radius 1 is 1.08 bits per heavy atom. The average molecular weight is 512 g/mol. The summed E-state index contributed by atoms with van der Waals surface area (Å²) in [6.45, 7) is 0.948. The van der Waals surface area contributed by atoms with E-state index in [1.807, 2.05) is 0 Å². The van der Waals surface area contributed by atoms with Crippen LogP contribution < -0.4 is 21.7 Å². The Balaban J connectivity index is 1.32. The van der Waals surface area contributed by atoms with Crippen molar-refractivity contribution in [1.82, 2.24) is 15.3 Å². The minimum atomic E-state index is -4.63. The molecule has 2 aromatic rings. The van der Waals surface area contributed by atoms with Gasteiger partial charge in [0.2, 0.25) is 5.91 Å². The number of aromatic nitrogens is 1. The number of halogens is 3. The molecule has 3 heterocycles. The molecule has 5 rings (SSSR count). The molecule has 0 spiro atoms. The molecule has 2 aliphatic heterocycles. The first-order valence-electron chi connectivity index (χ1n) is 11.6. The maximum absolute atomic E-state index is 13.0. The van der Waals surface area contributed by atoms with Crippen molar-refractivity contribution in [2.24, 2.45) is 27.7 Å². The van der Waals surface area contributed by atoms with Crippen LogP contribution in [0.25, 0.3) is 5.57 Å². The summed E-state index contributed by atoms with van der Waals surface area (Å²) in [7, 11) is 0. The van der Waals surface area contributed by atoms with Crippen LogP contribution >= 0.6 is 0 Å². The lowest BCUT2D eigenvalue weighted by Gasteiger charge is -2.18. The van der Waals surface area contributed by atoms with Gasteiger partial charge >= 0.3 is 12.2 Å². The number of benzene rings is 1. The first-order valence-corrected chi connectivity index (χ1v) is 11.6. The zero-order chi connectivity index (χ0) is 26.2. The summed E-state index contributed by atoms with van der Waals surface area (Å²) in [5, 5.41) is 13.7. The standard InChI is InChI=1S/C24H23F3N8O2/c25-24(26,27)17-2-1-3-18(33-17)34-23(37)32-15-8-6-14(7-9-15)19-16(22(36)29-10-13-4-5-13)11-35-20(19)21(28)30-12-31-35/h1-3,6-9,12-13,16H,4-5,10-11H2,(H,29,36)(H2,28,30,31)(H2,32,33,34,37). The van der Waals surface area contributed by atoms with E-state index in [0.29, 0.717) is 41.5 Å². The van der Waals surface area contributed by atoms with Gasteiger partial charge in [-0.3, -0.25) is 15.1 Å². The Hall–Kier alpha value is -4.42. The minimum Gasteiger partial charge on any atom is -0.382 e. The zero-order valence-corrected chi connectivity index (χ0v) is 19.4. The van der Waals surface area contributed by atoms with Crippen LogP contribution in [-0.2, 0) is 11.0 Å². The van der Waals surface area contributed by atoms with Gasteiger partial charge in [-0.05, 0) is 48.6 Å². The van der Waals surface area contributed by atoms with Gasteiger partial charge in [0, 0.05) is 17.8 Å². The van der Waals surface area contributed by atoms with Gasteiger partial charge in [-0.15, -0.1) is 0 Å². The lowest BCUT2D eigenvalue weighted by Crippen LogP contribution is -2.35. The van der Waals surface area contributed by atoms with Crippen molar-refractivity contribution in [3.8, 4) is 0 Å². The van der Waals surface area contributed by atoms with E-state index in [0.717, 1.165) is 25.0 Å². The molecule has 10 nitrogen and oxygen atoms in total. The van der Waals surface area contributed by atoms with Crippen LogP contribution in [0, 0.1) is 11.8 Å². The zero-order valence-electron chi connectivity index (χ0n) is 19.4. The summed E-state index contributed by atoms with van der Waals surface area (Å²) >= 11 is 0. The van der Waals surface area contributed by atoms with E-state index in [-0.39, 0.29) is 17.6 Å². The van der Waals surface area contributed by atoms with Crippen LogP contribution in [0.4, 0.5) is 29.5 Å². The fourth-order valence-electron chi connectivity index (χ4n) is 4.16. The van der Waals surface area contributed by atoms with Gasteiger partial charge in [0.15, 0.2) is 5.84 Å². The number of nitrogens with one attached hydrogen (secondary N) is 3. The third kappa shape index (κ3) is 5.39. The molecule has 1 aliphatic carbocycles. The number of hydrazone groups is 1. The summed E-state index contributed by atoms with van der Waals surface area (Å²) in [5.74, 6) is -0.114. The predicted octanol–water partition coefficient (Wildman–Crippen LogP) is 3.23. The van der Waals surface area contributed by atoms with E-state index in [1.165, 1.54) is 12.4 Å². The van der Waals surface area contributed by atoms with E-state index in [4.69, 9.17) is 5.73 Å². The summed E-state index contributed by atoms with van der Waals surface area (Å²) < 4.78 is 38.6. The number of hydrogen-bond donors (Lipinski definition) is 4. The van der Waals surface area contributed by atoms with Crippen LogP contribution in [0.1, 0.15) is 24.1 Å².